The van der Waals surface area contributed by atoms with Crippen LogP contribution in [0.1, 0.15) is 49.5 Å². The first-order valence-corrected chi connectivity index (χ1v) is 9.53. The van der Waals surface area contributed by atoms with Crippen LogP contribution in [0.2, 0.25) is 0 Å². The van der Waals surface area contributed by atoms with Crippen LogP contribution in [0.3, 0.4) is 0 Å². The van der Waals surface area contributed by atoms with Crippen molar-refractivity contribution in [2.75, 3.05) is 0 Å². The zero-order chi connectivity index (χ0) is 21.3. The zero-order valence-electron chi connectivity index (χ0n) is 17.0. The number of rotatable bonds is 8. The number of amides is 1. The maximum absolute atomic E-state index is 12.6. The molecule has 0 saturated carbocycles. The number of Topliss-reactive ketones (excluding diaryl/α,β-unsaturated/α-hetero) is 1. The molecule has 1 amide bonds. The van der Waals surface area contributed by atoms with Gasteiger partial charge in [0.1, 0.15) is 18.2 Å². The van der Waals surface area contributed by atoms with Gasteiger partial charge < -0.3 is 14.8 Å². The van der Waals surface area contributed by atoms with E-state index in [-0.39, 0.29) is 25.2 Å². The van der Waals surface area contributed by atoms with Gasteiger partial charge in [0.15, 0.2) is 5.78 Å². The van der Waals surface area contributed by atoms with Gasteiger partial charge in [-0.1, -0.05) is 60.7 Å². The number of benzene rings is 2. The van der Waals surface area contributed by atoms with Crippen molar-refractivity contribution in [1.82, 2.24) is 5.32 Å². The Balaban J connectivity index is 2.00. The average Bonchev–Trinajstić information content (AvgIpc) is 2.69. The molecule has 154 valence electrons. The number of hydrogen-bond acceptors (Lipinski definition) is 5. The van der Waals surface area contributed by atoms with Crippen molar-refractivity contribution >= 4 is 17.8 Å². The first kappa shape index (κ1) is 22.1. The van der Waals surface area contributed by atoms with Crippen LogP contribution in [0.15, 0.2) is 60.7 Å². The monoisotopic (exact) mass is 397 g/mol. The number of alkyl carbamates (subject to hydrolysis) is 1. The molecule has 2 aromatic rings. The fourth-order valence-corrected chi connectivity index (χ4v) is 2.57. The van der Waals surface area contributed by atoms with Crippen molar-refractivity contribution in [1.29, 1.82) is 0 Å². The number of carbonyl (C=O) groups excluding carboxylic acids is 3. The quantitative estimate of drug-likeness (QED) is 0.531. The Bertz CT molecular complexity index is 812. The van der Waals surface area contributed by atoms with Crippen LogP contribution in [0.5, 0.6) is 0 Å². The predicted molar refractivity (Wildman–Crippen MR) is 109 cm³/mol. The minimum Gasteiger partial charge on any atom is -0.459 e. The SMILES string of the molecule is CC(C)(C)OC(=O)NC(CCC(=O)c1ccccc1)C(=O)OCc1ccccc1. The van der Waals surface area contributed by atoms with Crippen LogP contribution in [0, 0.1) is 0 Å². The van der Waals surface area contributed by atoms with Gasteiger partial charge in [0.25, 0.3) is 0 Å². The Morgan fingerprint density at radius 2 is 1.52 bits per heavy atom. The highest BCUT2D eigenvalue weighted by Crippen LogP contribution is 2.12. The summed E-state index contributed by atoms with van der Waals surface area (Å²) < 4.78 is 10.6. The molecule has 0 radical (unpaired) electrons. The fraction of sp³-hybridized carbons (Fsp3) is 0.348. The van der Waals surface area contributed by atoms with Gasteiger partial charge in [-0.05, 0) is 32.8 Å². The fourth-order valence-electron chi connectivity index (χ4n) is 2.57. The number of carbonyl (C=O) groups is 3. The van der Waals surface area contributed by atoms with E-state index in [1.54, 1.807) is 45.0 Å². The van der Waals surface area contributed by atoms with Crippen LogP contribution in [0.4, 0.5) is 4.79 Å². The molecular formula is C23H27NO5. The summed E-state index contributed by atoms with van der Waals surface area (Å²) in [6.45, 7) is 5.27. The Hall–Kier alpha value is -3.15. The van der Waals surface area contributed by atoms with Gasteiger partial charge in [-0.2, -0.15) is 0 Å². The summed E-state index contributed by atoms with van der Waals surface area (Å²) in [5.74, 6) is -0.724. The van der Waals surface area contributed by atoms with Crippen molar-refractivity contribution < 1.29 is 23.9 Å². The second kappa shape index (κ2) is 10.4. The predicted octanol–water partition coefficient (Wildman–Crippen LogP) is 4.29. The molecule has 0 aromatic heterocycles. The largest absolute Gasteiger partial charge is 0.459 e. The molecule has 1 atom stereocenters. The molecule has 0 saturated heterocycles. The normalized spacial score (nSPS) is 12.0. The Morgan fingerprint density at radius 3 is 2.10 bits per heavy atom. The lowest BCUT2D eigenvalue weighted by molar-refractivity contribution is -0.147. The maximum atomic E-state index is 12.6. The van der Waals surface area contributed by atoms with Crippen molar-refractivity contribution in [3.63, 3.8) is 0 Å². The third kappa shape index (κ3) is 8.17. The zero-order valence-corrected chi connectivity index (χ0v) is 17.0. The molecule has 2 aromatic carbocycles. The van der Waals surface area contributed by atoms with E-state index in [4.69, 9.17) is 9.47 Å². The molecule has 29 heavy (non-hydrogen) atoms. The third-order valence-corrected chi connectivity index (χ3v) is 3.96. The molecule has 2 rings (SSSR count). The molecule has 0 aliphatic carbocycles. The third-order valence-electron chi connectivity index (χ3n) is 3.96. The van der Waals surface area contributed by atoms with E-state index < -0.39 is 23.7 Å². The Morgan fingerprint density at radius 1 is 0.931 bits per heavy atom. The molecule has 0 bridgehead atoms. The first-order chi connectivity index (χ1) is 13.7. The van der Waals surface area contributed by atoms with Gasteiger partial charge in [0.2, 0.25) is 0 Å². The number of nitrogens with one attached hydrogen (secondary N) is 1. The van der Waals surface area contributed by atoms with Crippen LogP contribution < -0.4 is 5.32 Å². The first-order valence-electron chi connectivity index (χ1n) is 9.53. The summed E-state index contributed by atoms with van der Waals surface area (Å²) in [4.78, 5) is 37.1. The summed E-state index contributed by atoms with van der Waals surface area (Å²) in [6, 6.07) is 17.1. The molecule has 0 heterocycles. The lowest BCUT2D eigenvalue weighted by atomic mass is 10.0. The smallest absolute Gasteiger partial charge is 0.408 e. The molecule has 1 N–H and O–H groups in total. The summed E-state index contributed by atoms with van der Waals surface area (Å²) in [5, 5.41) is 2.53. The molecule has 0 fully saturated rings. The Labute approximate surface area is 171 Å². The van der Waals surface area contributed by atoms with Gasteiger partial charge >= 0.3 is 12.1 Å². The van der Waals surface area contributed by atoms with Gasteiger partial charge in [-0.15, -0.1) is 0 Å². The van der Waals surface area contributed by atoms with E-state index in [9.17, 15) is 14.4 Å². The number of hydrogen-bond donors (Lipinski definition) is 1. The molecule has 6 nitrogen and oxygen atoms in total. The maximum Gasteiger partial charge on any atom is 0.408 e. The van der Waals surface area contributed by atoms with E-state index >= 15 is 0 Å². The van der Waals surface area contributed by atoms with Gasteiger partial charge in [-0.25, -0.2) is 9.59 Å². The minimum absolute atomic E-state index is 0.0821. The molecule has 6 heteroatoms. The van der Waals surface area contributed by atoms with Gasteiger partial charge in [0.05, 0.1) is 0 Å². The average molecular weight is 397 g/mol. The molecule has 0 aliphatic heterocycles. The van der Waals surface area contributed by atoms with E-state index in [1.807, 2.05) is 36.4 Å². The van der Waals surface area contributed by atoms with Crippen molar-refractivity contribution in [3.8, 4) is 0 Å². The molecule has 1 unspecified atom stereocenters. The van der Waals surface area contributed by atoms with Crippen molar-refractivity contribution in [2.45, 2.75) is 51.9 Å². The number of ketones is 1. The lowest BCUT2D eigenvalue weighted by Gasteiger charge is -2.23. The summed E-state index contributed by atoms with van der Waals surface area (Å²) in [7, 11) is 0. The van der Waals surface area contributed by atoms with Crippen LogP contribution >= 0.6 is 0 Å². The second-order valence-electron chi connectivity index (χ2n) is 7.62. The highest BCUT2D eigenvalue weighted by Gasteiger charge is 2.26. The summed E-state index contributed by atoms with van der Waals surface area (Å²) >= 11 is 0. The minimum atomic E-state index is -0.985. The van der Waals surface area contributed by atoms with Crippen LogP contribution in [-0.2, 0) is 20.9 Å². The van der Waals surface area contributed by atoms with Crippen LogP contribution in [-0.4, -0.2) is 29.5 Å². The molecule has 0 aliphatic rings. The lowest BCUT2D eigenvalue weighted by Crippen LogP contribution is -2.44. The second-order valence-corrected chi connectivity index (χ2v) is 7.62. The summed E-state index contributed by atoms with van der Waals surface area (Å²) in [5.41, 5.74) is 0.681. The standard InChI is InChI=1S/C23H27NO5/c1-23(2,3)29-22(27)24-19(14-15-20(25)18-12-8-5-9-13-18)21(26)28-16-17-10-6-4-7-11-17/h4-13,19H,14-16H2,1-3H3,(H,24,27). The van der Waals surface area contributed by atoms with E-state index in [1.165, 1.54) is 0 Å². The van der Waals surface area contributed by atoms with Crippen LogP contribution in [0.25, 0.3) is 0 Å². The molecular weight excluding hydrogens is 370 g/mol. The van der Waals surface area contributed by atoms with E-state index in [0.29, 0.717) is 5.56 Å². The Kier molecular flexibility index (Phi) is 7.95. The molecule has 0 spiro atoms. The number of esters is 1. The van der Waals surface area contributed by atoms with Crippen molar-refractivity contribution in [2.24, 2.45) is 0 Å². The highest BCUT2D eigenvalue weighted by atomic mass is 16.6. The van der Waals surface area contributed by atoms with Gasteiger partial charge in [-0.3, -0.25) is 4.79 Å². The topological polar surface area (TPSA) is 81.7 Å². The van der Waals surface area contributed by atoms with Gasteiger partial charge in [0, 0.05) is 12.0 Å². The van der Waals surface area contributed by atoms with E-state index in [0.717, 1.165) is 5.56 Å². The highest BCUT2D eigenvalue weighted by molar-refractivity contribution is 5.96. The number of ether oxygens (including phenoxy) is 2. The van der Waals surface area contributed by atoms with E-state index in [2.05, 4.69) is 5.32 Å². The summed E-state index contributed by atoms with van der Waals surface area (Å²) in [6.07, 6.45) is -0.530. The van der Waals surface area contributed by atoms with Crippen molar-refractivity contribution in [3.05, 3.63) is 71.8 Å².